The molecular weight excluding hydrogens is 264 g/mol. The smallest absolute Gasteiger partial charge is 0.246 e. The third-order valence-electron chi connectivity index (χ3n) is 4.92. The zero-order chi connectivity index (χ0) is 15.0. The molecule has 2 aliphatic rings. The van der Waals surface area contributed by atoms with Crippen LogP contribution in [0.5, 0.6) is 0 Å². The lowest BCUT2D eigenvalue weighted by molar-refractivity contribution is -0.143. The van der Waals surface area contributed by atoms with Crippen LogP contribution in [0, 0.1) is 11.8 Å². The number of benzene rings is 1. The van der Waals surface area contributed by atoms with E-state index < -0.39 is 6.04 Å². The van der Waals surface area contributed by atoms with Crippen molar-refractivity contribution in [3.05, 3.63) is 29.8 Å². The van der Waals surface area contributed by atoms with E-state index in [1.807, 2.05) is 31.2 Å². The van der Waals surface area contributed by atoms with Gasteiger partial charge in [0, 0.05) is 18.2 Å². The predicted molar refractivity (Wildman–Crippen MR) is 81.6 cm³/mol. The maximum atomic E-state index is 12.9. The minimum absolute atomic E-state index is 0.0745. The van der Waals surface area contributed by atoms with Gasteiger partial charge in [-0.05, 0) is 37.3 Å². The lowest BCUT2D eigenvalue weighted by atomic mass is 9.95. The summed E-state index contributed by atoms with van der Waals surface area (Å²) in [5.41, 5.74) is 1.83. The molecule has 0 radical (unpaired) electrons. The Morgan fingerprint density at radius 1 is 1.24 bits per heavy atom. The number of hydrogen-bond acceptors (Lipinski definition) is 2. The highest BCUT2D eigenvalue weighted by atomic mass is 16.2. The number of hydrogen-bond donors (Lipinski definition) is 1. The summed E-state index contributed by atoms with van der Waals surface area (Å²) >= 11 is 0. The number of carbonyl (C=O) groups excluding carboxylic acids is 2. The Hall–Kier alpha value is -1.84. The molecule has 2 amide bonds. The molecule has 3 atom stereocenters. The van der Waals surface area contributed by atoms with E-state index in [2.05, 4.69) is 12.2 Å². The third-order valence-corrected chi connectivity index (χ3v) is 4.92. The number of nitrogens with one attached hydrogen (secondary N) is 1. The molecule has 21 heavy (non-hydrogen) atoms. The Labute approximate surface area is 125 Å². The molecule has 1 heterocycles. The van der Waals surface area contributed by atoms with Crippen molar-refractivity contribution in [3.8, 4) is 0 Å². The Morgan fingerprint density at radius 2 is 2.00 bits per heavy atom. The second kappa shape index (κ2) is 5.51. The van der Waals surface area contributed by atoms with E-state index in [4.69, 9.17) is 0 Å². The summed E-state index contributed by atoms with van der Waals surface area (Å²) < 4.78 is 0. The van der Waals surface area contributed by atoms with Gasteiger partial charge in [0.1, 0.15) is 6.04 Å². The van der Waals surface area contributed by atoms with Gasteiger partial charge in [-0.25, -0.2) is 0 Å². The fourth-order valence-corrected chi connectivity index (χ4v) is 3.47. The monoisotopic (exact) mass is 286 g/mol. The number of para-hydroxylation sites is 1. The summed E-state index contributed by atoms with van der Waals surface area (Å²) in [6.45, 7) is 4.48. The van der Waals surface area contributed by atoms with Gasteiger partial charge in [0.2, 0.25) is 11.8 Å². The second-order valence-electron chi connectivity index (χ2n) is 6.30. The Bertz CT molecular complexity index is 570. The van der Waals surface area contributed by atoms with Crippen LogP contribution in [-0.2, 0) is 16.1 Å². The lowest BCUT2D eigenvalue weighted by Gasteiger charge is -2.30. The first kappa shape index (κ1) is 14.1. The number of nitrogens with zero attached hydrogens (tertiary/aromatic N) is 1. The summed E-state index contributed by atoms with van der Waals surface area (Å²) in [6, 6.07) is 7.30. The van der Waals surface area contributed by atoms with Crippen LogP contribution in [0.3, 0.4) is 0 Å². The van der Waals surface area contributed by atoms with Crippen LogP contribution in [0.15, 0.2) is 24.3 Å². The van der Waals surface area contributed by atoms with Gasteiger partial charge in [0.15, 0.2) is 0 Å². The highest BCUT2D eigenvalue weighted by Gasteiger charge is 2.37. The maximum Gasteiger partial charge on any atom is 0.246 e. The van der Waals surface area contributed by atoms with Crippen LogP contribution in [0.2, 0.25) is 0 Å². The first-order valence-electron chi connectivity index (χ1n) is 7.77. The van der Waals surface area contributed by atoms with Gasteiger partial charge in [-0.1, -0.05) is 31.5 Å². The molecule has 1 aliphatic heterocycles. The van der Waals surface area contributed by atoms with Crippen LogP contribution < -0.4 is 5.32 Å². The average Bonchev–Trinajstić information content (AvgIpc) is 2.85. The molecule has 1 fully saturated rings. The maximum absolute atomic E-state index is 12.9. The number of fused-ring (bicyclic) bond motifs is 1. The fraction of sp³-hybridized carbons (Fsp3) is 0.529. The van der Waals surface area contributed by atoms with Crippen LogP contribution >= 0.6 is 0 Å². The summed E-state index contributed by atoms with van der Waals surface area (Å²) in [5, 5.41) is 2.93. The molecule has 0 spiro atoms. The third kappa shape index (κ3) is 2.55. The SMILES string of the molecule is CC1CCCC1C(=O)N1Cc2ccccc2NC(=O)C1C. The Morgan fingerprint density at radius 3 is 2.71 bits per heavy atom. The minimum atomic E-state index is -0.419. The first-order valence-corrected chi connectivity index (χ1v) is 7.77. The molecule has 1 aromatic carbocycles. The van der Waals surface area contributed by atoms with E-state index >= 15 is 0 Å². The molecule has 1 aromatic rings. The molecule has 4 heteroatoms. The van der Waals surface area contributed by atoms with Gasteiger partial charge in [0.05, 0.1) is 0 Å². The van der Waals surface area contributed by atoms with Crippen molar-refractivity contribution in [1.82, 2.24) is 4.90 Å². The van der Waals surface area contributed by atoms with Gasteiger partial charge < -0.3 is 10.2 Å². The van der Waals surface area contributed by atoms with Crippen molar-refractivity contribution in [2.75, 3.05) is 5.32 Å². The van der Waals surface area contributed by atoms with E-state index in [1.54, 1.807) is 4.90 Å². The topological polar surface area (TPSA) is 49.4 Å². The van der Waals surface area contributed by atoms with Crippen molar-refractivity contribution >= 4 is 17.5 Å². The number of carbonyl (C=O) groups is 2. The van der Waals surface area contributed by atoms with E-state index in [9.17, 15) is 9.59 Å². The van der Waals surface area contributed by atoms with Gasteiger partial charge in [0.25, 0.3) is 0 Å². The summed E-state index contributed by atoms with van der Waals surface area (Å²) in [7, 11) is 0. The van der Waals surface area contributed by atoms with Crippen molar-refractivity contribution in [1.29, 1.82) is 0 Å². The number of rotatable bonds is 1. The molecule has 4 nitrogen and oxygen atoms in total. The molecule has 1 N–H and O–H groups in total. The Kier molecular flexibility index (Phi) is 3.70. The van der Waals surface area contributed by atoms with Crippen molar-refractivity contribution < 1.29 is 9.59 Å². The Balaban J connectivity index is 1.90. The van der Waals surface area contributed by atoms with Crippen molar-refractivity contribution in [2.24, 2.45) is 11.8 Å². The molecule has 3 rings (SSSR count). The fourth-order valence-electron chi connectivity index (χ4n) is 3.47. The van der Waals surface area contributed by atoms with E-state index in [0.29, 0.717) is 12.5 Å². The molecular formula is C17H22N2O2. The first-order chi connectivity index (χ1) is 10.1. The minimum Gasteiger partial charge on any atom is -0.326 e. The van der Waals surface area contributed by atoms with Crippen LogP contribution in [0.25, 0.3) is 0 Å². The molecule has 1 aliphatic carbocycles. The second-order valence-corrected chi connectivity index (χ2v) is 6.30. The lowest BCUT2D eigenvalue weighted by Crippen LogP contribution is -2.46. The largest absolute Gasteiger partial charge is 0.326 e. The predicted octanol–water partition coefficient (Wildman–Crippen LogP) is 2.79. The average molecular weight is 286 g/mol. The van der Waals surface area contributed by atoms with E-state index in [0.717, 1.165) is 30.5 Å². The summed E-state index contributed by atoms with van der Waals surface area (Å²) in [6.07, 6.45) is 3.18. The zero-order valence-corrected chi connectivity index (χ0v) is 12.6. The summed E-state index contributed by atoms with van der Waals surface area (Å²) in [5.74, 6) is 0.537. The van der Waals surface area contributed by atoms with Crippen molar-refractivity contribution in [3.63, 3.8) is 0 Å². The summed E-state index contributed by atoms with van der Waals surface area (Å²) in [4.78, 5) is 26.9. The normalized spacial score (nSPS) is 28.8. The highest BCUT2D eigenvalue weighted by molar-refractivity contribution is 5.98. The van der Waals surface area contributed by atoms with Gasteiger partial charge in [-0.3, -0.25) is 9.59 Å². The number of amides is 2. The standard InChI is InChI=1S/C17H22N2O2/c1-11-6-5-8-14(11)17(21)19-10-13-7-3-4-9-15(13)18-16(20)12(19)2/h3-4,7,9,11-12,14H,5-6,8,10H2,1-2H3,(H,18,20). The number of anilines is 1. The highest BCUT2D eigenvalue weighted by Crippen LogP contribution is 2.34. The quantitative estimate of drug-likeness (QED) is 0.863. The van der Waals surface area contributed by atoms with Gasteiger partial charge >= 0.3 is 0 Å². The molecule has 0 bridgehead atoms. The van der Waals surface area contributed by atoms with Crippen LogP contribution in [-0.4, -0.2) is 22.8 Å². The van der Waals surface area contributed by atoms with Crippen LogP contribution in [0.4, 0.5) is 5.69 Å². The van der Waals surface area contributed by atoms with Crippen molar-refractivity contribution in [2.45, 2.75) is 45.7 Å². The molecule has 112 valence electrons. The van der Waals surface area contributed by atoms with E-state index in [-0.39, 0.29) is 17.7 Å². The molecule has 0 aromatic heterocycles. The van der Waals surface area contributed by atoms with Gasteiger partial charge in [-0.15, -0.1) is 0 Å². The molecule has 1 saturated carbocycles. The van der Waals surface area contributed by atoms with Gasteiger partial charge in [-0.2, -0.15) is 0 Å². The zero-order valence-electron chi connectivity index (χ0n) is 12.6. The molecule has 3 unspecified atom stereocenters. The van der Waals surface area contributed by atoms with Crippen LogP contribution in [0.1, 0.15) is 38.7 Å². The van der Waals surface area contributed by atoms with E-state index in [1.165, 1.54) is 0 Å². The molecule has 0 saturated heterocycles.